The Morgan fingerprint density at radius 3 is 2.50 bits per heavy atom. The quantitative estimate of drug-likeness (QED) is 0.920. The third kappa shape index (κ3) is 4.02. The molecular weight excluding hydrogens is 300 g/mol. The Labute approximate surface area is 142 Å². The number of nitrogens with zero attached hydrogens (tertiary/aromatic N) is 1. The van der Waals surface area contributed by atoms with Crippen molar-refractivity contribution in [3.8, 4) is 0 Å². The molecule has 4 heteroatoms. The molecule has 1 atom stereocenters. The maximum atomic E-state index is 12.3. The molecule has 124 valence electrons. The van der Waals surface area contributed by atoms with Crippen LogP contribution in [0.4, 0.5) is 0 Å². The van der Waals surface area contributed by atoms with Crippen LogP contribution in [0.5, 0.6) is 0 Å². The van der Waals surface area contributed by atoms with Gasteiger partial charge in [-0.2, -0.15) is 0 Å². The first-order valence-electron chi connectivity index (χ1n) is 8.27. The Morgan fingerprint density at radius 1 is 1.08 bits per heavy atom. The van der Waals surface area contributed by atoms with Gasteiger partial charge in [-0.3, -0.25) is 9.59 Å². The van der Waals surface area contributed by atoms with Gasteiger partial charge in [0.15, 0.2) is 0 Å². The monoisotopic (exact) mass is 322 g/mol. The van der Waals surface area contributed by atoms with Gasteiger partial charge in [0.2, 0.25) is 11.8 Å². The number of benzene rings is 2. The maximum absolute atomic E-state index is 12.3. The van der Waals surface area contributed by atoms with Crippen molar-refractivity contribution in [2.75, 3.05) is 6.54 Å². The van der Waals surface area contributed by atoms with Crippen molar-refractivity contribution in [3.63, 3.8) is 0 Å². The highest BCUT2D eigenvalue weighted by Crippen LogP contribution is 2.20. The number of rotatable bonds is 5. The minimum Gasteiger partial charge on any atom is -0.352 e. The van der Waals surface area contributed by atoms with Crippen LogP contribution in [0.25, 0.3) is 0 Å². The summed E-state index contributed by atoms with van der Waals surface area (Å²) in [7, 11) is 0. The van der Waals surface area contributed by atoms with Gasteiger partial charge in [0.1, 0.15) is 0 Å². The number of nitrogens with one attached hydrogen (secondary N) is 1. The molecule has 1 aliphatic rings. The average Bonchev–Trinajstić information content (AvgIpc) is 2.96. The van der Waals surface area contributed by atoms with Crippen molar-refractivity contribution < 1.29 is 9.59 Å². The largest absolute Gasteiger partial charge is 0.352 e. The Hall–Kier alpha value is -2.62. The van der Waals surface area contributed by atoms with Crippen molar-refractivity contribution in [1.29, 1.82) is 0 Å². The second-order valence-corrected chi connectivity index (χ2v) is 6.36. The first-order valence-corrected chi connectivity index (χ1v) is 8.27. The summed E-state index contributed by atoms with van der Waals surface area (Å²) in [6, 6.07) is 18.0. The lowest BCUT2D eigenvalue weighted by molar-refractivity contribution is -0.129. The normalized spacial score (nSPS) is 17.1. The molecule has 0 saturated carbocycles. The zero-order valence-corrected chi connectivity index (χ0v) is 13.9. The summed E-state index contributed by atoms with van der Waals surface area (Å²) in [6.45, 7) is 3.60. The highest BCUT2D eigenvalue weighted by atomic mass is 16.2. The molecular formula is C20H22N2O2. The summed E-state index contributed by atoms with van der Waals surface area (Å²) in [6.07, 6.45) is 0.298. The van der Waals surface area contributed by atoms with E-state index in [0.717, 1.165) is 11.1 Å². The molecule has 3 rings (SSSR count). The average molecular weight is 322 g/mol. The standard InChI is InChI=1S/C20H22N2O2/c1-15-7-9-16(10-8-15)12-21-20(24)18-11-19(23)22(14-18)13-17-5-3-2-4-6-17/h2-10,18H,11-14H2,1H3,(H,21,24). The Balaban J connectivity index is 1.53. The van der Waals surface area contributed by atoms with Gasteiger partial charge in [-0.15, -0.1) is 0 Å². The second kappa shape index (κ2) is 7.30. The lowest BCUT2D eigenvalue weighted by Crippen LogP contribution is -2.32. The highest BCUT2D eigenvalue weighted by molar-refractivity contribution is 5.89. The number of hydrogen-bond donors (Lipinski definition) is 1. The molecule has 24 heavy (non-hydrogen) atoms. The molecule has 0 aliphatic carbocycles. The second-order valence-electron chi connectivity index (χ2n) is 6.36. The van der Waals surface area contributed by atoms with Crippen LogP contribution in [0, 0.1) is 12.8 Å². The highest BCUT2D eigenvalue weighted by Gasteiger charge is 2.33. The van der Waals surface area contributed by atoms with Crippen LogP contribution in [0.1, 0.15) is 23.1 Å². The van der Waals surface area contributed by atoms with E-state index in [2.05, 4.69) is 5.32 Å². The first-order chi connectivity index (χ1) is 11.6. The maximum Gasteiger partial charge on any atom is 0.225 e. The van der Waals surface area contributed by atoms with E-state index in [1.54, 1.807) is 4.90 Å². The molecule has 1 unspecified atom stereocenters. The molecule has 0 aromatic heterocycles. The number of aryl methyl sites for hydroxylation is 1. The summed E-state index contributed by atoms with van der Waals surface area (Å²) < 4.78 is 0. The van der Waals surface area contributed by atoms with Crippen LogP contribution in [0.15, 0.2) is 54.6 Å². The van der Waals surface area contributed by atoms with Gasteiger partial charge in [-0.05, 0) is 18.1 Å². The fraction of sp³-hybridized carbons (Fsp3) is 0.300. The zero-order valence-electron chi connectivity index (χ0n) is 13.9. The molecule has 0 radical (unpaired) electrons. The molecule has 0 spiro atoms. The molecule has 2 aromatic rings. The van der Waals surface area contributed by atoms with E-state index in [-0.39, 0.29) is 17.7 Å². The van der Waals surface area contributed by atoms with E-state index < -0.39 is 0 Å². The van der Waals surface area contributed by atoms with Crippen LogP contribution in [-0.4, -0.2) is 23.3 Å². The van der Waals surface area contributed by atoms with Crippen LogP contribution in [0.2, 0.25) is 0 Å². The Morgan fingerprint density at radius 2 is 1.79 bits per heavy atom. The van der Waals surface area contributed by atoms with Crippen molar-refractivity contribution in [2.45, 2.75) is 26.4 Å². The summed E-state index contributed by atoms with van der Waals surface area (Å²) in [5.74, 6) is -0.250. The molecule has 2 aromatic carbocycles. The van der Waals surface area contributed by atoms with Crippen LogP contribution in [-0.2, 0) is 22.7 Å². The molecule has 1 fully saturated rings. The summed E-state index contributed by atoms with van der Waals surface area (Å²) in [4.78, 5) is 26.3. The van der Waals surface area contributed by atoms with E-state index in [0.29, 0.717) is 26.1 Å². The molecule has 1 heterocycles. The third-order valence-electron chi connectivity index (χ3n) is 4.39. The summed E-state index contributed by atoms with van der Waals surface area (Å²) in [5.41, 5.74) is 3.36. The third-order valence-corrected chi connectivity index (χ3v) is 4.39. The SMILES string of the molecule is Cc1ccc(CNC(=O)C2CC(=O)N(Cc3ccccc3)C2)cc1. The number of amides is 2. The minimum atomic E-state index is -0.258. The lowest BCUT2D eigenvalue weighted by Gasteiger charge is -2.16. The van der Waals surface area contributed by atoms with Gasteiger partial charge in [0.25, 0.3) is 0 Å². The Bertz CT molecular complexity index is 710. The molecule has 1 aliphatic heterocycles. The molecule has 2 amide bonds. The van der Waals surface area contributed by atoms with Gasteiger partial charge in [0, 0.05) is 26.1 Å². The molecule has 1 N–H and O–H groups in total. The van der Waals surface area contributed by atoms with Gasteiger partial charge in [-0.25, -0.2) is 0 Å². The fourth-order valence-corrected chi connectivity index (χ4v) is 2.94. The van der Waals surface area contributed by atoms with Gasteiger partial charge in [-0.1, -0.05) is 60.2 Å². The van der Waals surface area contributed by atoms with Crippen molar-refractivity contribution in [3.05, 3.63) is 71.3 Å². The van der Waals surface area contributed by atoms with Gasteiger partial charge >= 0.3 is 0 Å². The first kappa shape index (κ1) is 16.2. The smallest absolute Gasteiger partial charge is 0.225 e. The predicted molar refractivity (Wildman–Crippen MR) is 93.0 cm³/mol. The predicted octanol–water partition coefficient (Wildman–Crippen LogP) is 2.66. The number of likely N-dealkylation sites (tertiary alicyclic amines) is 1. The van der Waals surface area contributed by atoms with E-state index in [4.69, 9.17) is 0 Å². The van der Waals surface area contributed by atoms with Crippen molar-refractivity contribution >= 4 is 11.8 Å². The van der Waals surface area contributed by atoms with Gasteiger partial charge in [0.05, 0.1) is 5.92 Å². The van der Waals surface area contributed by atoms with Gasteiger partial charge < -0.3 is 10.2 Å². The minimum absolute atomic E-state index is 0.0421. The van der Waals surface area contributed by atoms with Crippen LogP contribution < -0.4 is 5.32 Å². The number of carbonyl (C=O) groups excluding carboxylic acids is 2. The van der Waals surface area contributed by atoms with Crippen LogP contribution >= 0.6 is 0 Å². The van der Waals surface area contributed by atoms with E-state index in [1.165, 1.54) is 5.56 Å². The molecule has 1 saturated heterocycles. The van der Waals surface area contributed by atoms with E-state index in [9.17, 15) is 9.59 Å². The Kier molecular flexibility index (Phi) is 4.94. The number of hydrogen-bond acceptors (Lipinski definition) is 2. The van der Waals surface area contributed by atoms with E-state index >= 15 is 0 Å². The van der Waals surface area contributed by atoms with Crippen molar-refractivity contribution in [2.24, 2.45) is 5.92 Å². The zero-order chi connectivity index (χ0) is 16.9. The lowest BCUT2D eigenvalue weighted by atomic mass is 10.1. The van der Waals surface area contributed by atoms with E-state index in [1.807, 2.05) is 61.5 Å². The van der Waals surface area contributed by atoms with Crippen LogP contribution in [0.3, 0.4) is 0 Å². The molecule has 0 bridgehead atoms. The number of carbonyl (C=O) groups is 2. The summed E-state index contributed by atoms with van der Waals surface area (Å²) >= 11 is 0. The molecule has 4 nitrogen and oxygen atoms in total. The van der Waals surface area contributed by atoms with Crippen molar-refractivity contribution in [1.82, 2.24) is 10.2 Å². The summed E-state index contributed by atoms with van der Waals surface area (Å²) in [5, 5.41) is 2.95. The topological polar surface area (TPSA) is 49.4 Å². The fourth-order valence-electron chi connectivity index (χ4n) is 2.94.